The van der Waals surface area contributed by atoms with Crippen molar-refractivity contribution in [3.63, 3.8) is 0 Å². The molecule has 0 aliphatic heterocycles. The maximum Gasteiger partial charge on any atom is 0.336 e. The lowest BCUT2D eigenvalue weighted by atomic mass is 10.2. The maximum absolute atomic E-state index is 13.9. The second-order valence-electron chi connectivity index (χ2n) is 7.98. The van der Waals surface area contributed by atoms with Crippen molar-refractivity contribution < 1.29 is 9.47 Å². The quantitative estimate of drug-likeness (QED) is 0.379. The van der Waals surface area contributed by atoms with Gasteiger partial charge in [-0.1, -0.05) is 29.8 Å². The number of rotatable bonds is 5. The number of methoxy groups -OCH3 is 2. The maximum atomic E-state index is 13.9. The third-order valence-electron chi connectivity index (χ3n) is 6.02. The molecule has 0 aliphatic carbocycles. The molecule has 0 bridgehead atoms. The summed E-state index contributed by atoms with van der Waals surface area (Å²) in [5.74, 6) is 1.32. The van der Waals surface area contributed by atoms with E-state index in [1.54, 1.807) is 43.1 Å². The lowest BCUT2D eigenvalue weighted by Crippen LogP contribution is -2.39. The monoisotopic (exact) mass is 475 g/mol. The van der Waals surface area contributed by atoms with Crippen LogP contribution >= 0.6 is 11.6 Å². The molecular weight excluding hydrogens is 454 g/mol. The fraction of sp³-hybridized carbons (Fsp3) is 0.154. The van der Waals surface area contributed by atoms with Gasteiger partial charge >= 0.3 is 5.69 Å². The van der Waals surface area contributed by atoms with Gasteiger partial charge in [0, 0.05) is 17.5 Å². The second kappa shape index (κ2) is 8.43. The number of hydrogen-bond acceptors (Lipinski definition) is 4. The Bertz CT molecular complexity index is 1680. The minimum Gasteiger partial charge on any atom is -0.497 e. The van der Waals surface area contributed by atoms with E-state index in [2.05, 4.69) is 0 Å². The van der Waals surface area contributed by atoms with Crippen molar-refractivity contribution in [1.29, 1.82) is 0 Å². The fourth-order valence-corrected chi connectivity index (χ4v) is 4.59. The van der Waals surface area contributed by atoms with Crippen LogP contribution in [0.15, 0.2) is 76.3 Å². The molecule has 7 nitrogen and oxygen atoms in total. The van der Waals surface area contributed by atoms with Gasteiger partial charge in [-0.05, 0) is 54.1 Å². The van der Waals surface area contributed by atoms with Crippen molar-refractivity contribution in [2.24, 2.45) is 7.05 Å². The lowest BCUT2D eigenvalue weighted by Gasteiger charge is -2.14. The highest BCUT2D eigenvalue weighted by Crippen LogP contribution is 2.30. The SMILES string of the molecule is COc1cccc(Cn2c(=O)n(-c3cccc(Cl)c3)c(=O)c3c2c2cc(OC)ccc2n3C)c1. The Labute approximate surface area is 200 Å². The summed E-state index contributed by atoms with van der Waals surface area (Å²) in [7, 11) is 5.00. The zero-order valence-corrected chi connectivity index (χ0v) is 19.7. The number of aromatic nitrogens is 3. The van der Waals surface area contributed by atoms with Crippen LogP contribution in [0.1, 0.15) is 5.56 Å². The summed E-state index contributed by atoms with van der Waals surface area (Å²) < 4.78 is 15.4. The molecule has 0 spiro atoms. The van der Waals surface area contributed by atoms with Gasteiger partial charge in [-0.2, -0.15) is 0 Å². The first-order valence-electron chi connectivity index (χ1n) is 10.6. The smallest absolute Gasteiger partial charge is 0.336 e. The average Bonchev–Trinajstić information content (AvgIpc) is 3.14. The van der Waals surface area contributed by atoms with E-state index in [9.17, 15) is 9.59 Å². The zero-order valence-electron chi connectivity index (χ0n) is 18.9. The van der Waals surface area contributed by atoms with Crippen molar-refractivity contribution in [1.82, 2.24) is 13.7 Å². The summed E-state index contributed by atoms with van der Waals surface area (Å²) in [5.41, 5.74) is 2.17. The Morgan fingerprint density at radius 1 is 0.853 bits per heavy atom. The summed E-state index contributed by atoms with van der Waals surface area (Å²) in [6.45, 7) is 0.240. The third kappa shape index (κ3) is 3.45. The van der Waals surface area contributed by atoms with Crippen LogP contribution in [-0.4, -0.2) is 27.9 Å². The number of hydrogen-bond donors (Lipinski definition) is 0. The van der Waals surface area contributed by atoms with Crippen LogP contribution in [0.25, 0.3) is 27.6 Å². The van der Waals surface area contributed by atoms with Crippen molar-refractivity contribution in [3.05, 3.63) is 98.2 Å². The molecule has 2 heterocycles. The molecule has 0 saturated carbocycles. The minimum absolute atomic E-state index is 0.240. The molecule has 0 amide bonds. The average molecular weight is 476 g/mol. The van der Waals surface area contributed by atoms with E-state index < -0.39 is 11.2 Å². The summed E-state index contributed by atoms with van der Waals surface area (Å²) in [6.07, 6.45) is 0. The number of nitrogens with zero attached hydrogens (tertiary/aromatic N) is 3. The normalized spacial score (nSPS) is 11.3. The van der Waals surface area contributed by atoms with Gasteiger partial charge in [0.15, 0.2) is 0 Å². The van der Waals surface area contributed by atoms with E-state index in [1.165, 1.54) is 4.57 Å². The first-order chi connectivity index (χ1) is 16.4. The van der Waals surface area contributed by atoms with Crippen LogP contribution in [0.5, 0.6) is 11.5 Å². The number of ether oxygens (including phenoxy) is 2. The second-order valence-corrected chi connectivity index (χ2v) is 8.42. The van der Waals surface area contributed by atoms with Gasteiger partial charge in [0.1, 0.15) is 17.0 Å². The summed E-state index contributed by atoms with van der Waals surface area (Å²) in [4.78, 5) is 27.6. The number of halogens is 1. The summed E-state index contributed by atoms with van der Waals surface area (Å²) >= 11 is 6.19. The number of fused-ring (bicyclic) bond motifs is 3. The van der Waals surface area contributed by atoms with Crippen molar-refractivity contribution >= 4 is 33.5 Å². The Morgan fingerprint density at radius 3 is 2.32 bits per heavy atom. The first-order valence-corrected chi connectivity index (χ1v) is 11.0. The van der Waals surface area contributed by atoms with Crippen molar-refractivity contribution in [2.75, 3.05) is 14.2 Å². The largest absolute Gasteiger partial charge is 0.497 e. The minimum atomic E-state index is -0.460. The highest BCUT2D eigenvalue weighted by molar-refractivity contribution is 6.30. The summed E-state index contributed by atoms with van der Waals surface area (Å²) in [5, 5.41) is 1.19. The van der Waals surface area contributed by atoms with Crippen LogP contribution in [0, 0.1) is 0 Å². The van der Waals surface area contributed by atoms with E-state index >= 15 is 0 Å². The topological polar surface area (TPSA) is 67.4 Å². The Kier molecular flexibility index (Phi) is 5.42. The standard InChI is InChI=1S/C26H22ClN3O4/c1-28-22-11-10-20(34-3)14-21(22)23-24(28)25(31)30(18-8-5-7-17(27)13-18)26(32)29(23)15-16-6-4-9-19(12-16)33-2/h4-14H,15H2,1-3H3. The van der Waals surface area contributed by atoms with Gasteiger partial charge in [-0.3, -0.25) is 9.36 Å². The van der Waals surface area contributed by atoms with Gasteiger partial charge < -0.3 is 14.0 Å². The molecule has 172 valence electrons. The molecule has 2 aromatic heterocycles. The summed E-state index contributed by atoms with van der Waals surface area (Å²) in [6, 6.07) is 19.8. The first kappa shape index (κ1) is 21.9. The lowest BCUT2D eigenvalue weighted by molar-refractivity contribution is 0.414. The molecule has 0 N–H and O–H groups in total. The number of aryl methyl sites for hydroxylation is 1. The molecule has 0 atom stereocenters. The van der Waals surface area contributed by atoms with E-state index in [0.717, 1.165) is 16.5 Å². The third-order valence-corrected chi connectivity index (χ3v) is 6.25. The van der Waals surface area contributed by atoms with E-state index in [0.29, 0.717) is 33.2 Å². The van der Waals surface area contributed by atoms with Crippen LogP contribution in [0.2, 0.25) is 5.02 Å². The van der Waals surface area contributed by atoms with E-state index in [-0.39, 0.29) is 6.54 Å². The zero-order chi connectivity index (χ0) is 24.0. The highest BCUT2D eigenvalue weighted by atomic mass is 35.5. The molecule has 0 saturated heterocycles. The van der Waals surface area contributed by atoms with Crippen molar-refractivity contribution in [3.8, 4) is 17.2 Å². The van der Waals surface area contributed by atoms with Crippen LogP contribution in [0.4, 0.5) is 0 Å². The van der Waals surface area contributed by atoms with Gasteiger partial charge in [-0.15, -0.1) is 0 Å². The number of benzene rings is 3. The molecule has 0 unspecified atom stereocenters. The molecule has 5 rings (SSSR count). The van der Waals surface area contributed by atoms with Crippen LogP contribution in [0.3, 0.4) is 0 Å². The molecule has 5 aromatic rings. The Balaban J connectivity index is 1.92. The Morgan fingerprint density at radius 2 is 1.59 bits per heavy atom. The molecular formula is C26H22ClN3O4. The Hall–Kier alpha value is -3.97. The predicted molar refractivity (Wildman–Crippen MR) is 134 cm³/mol. The van der Waals surface area contributed by atoms with Crippen LogP contribution < -0.4 is 20.7 Å². The van der Waals surface area contributed by atoms with Crippen LogP contribution in [-0.2, 0) is 13.6 Å². The molecule has 8 heteroatoms. The van der Waals surface area contributed by atoms with E-state index in [1.807, 2.05) is 54.1 Å². The van der Waals surface area contributed by atoms with Gasteiger partial charge in [-0.25, -0.2) is 9.36 Å². The molecule has 0 radical (unpaired) electrons. The highest BCUT2D eigenvalue weighted by Gasteiger charge is 2.22. The molecule has 0 aliphatic rings. The fourth-order valence-electron chi connectivity index (χ4n) is 4.40. The van der Waals surface area contributed by atoms with Gasteiger partial charge in [0.2, 0.25) is 0 Å². The molecule has 34 heavy (non-hydrogen) atoms. The van der Waals surface area contributed by atoms with Gasteiger partial charge in [0.05, 0.1) is 37.5 Å². The van der Waals surface area contributed by atoms with Crippen molar-refractivity contribution in [2.45, 2.75) is 6.54 Å². The molecule has 3 aromatic carbocycles. The predicted octanol–water partition coefficient (Wildman–Crippen LogP) is 4.36. The van der Waals surface area contributed by atoms with Gasteiger partial charge in [0.25, 0.3) is 5.56 Å². The van der Waals surface area contributed by atoms with E-state index in [4.69, 9.17) is 21.1 Å². The molecule has 0 fully saturated rings.